The van der Waals surface area contributed by atoms with Crippen LogP contribution in [0.15, 0.2) is 60.7 Å². The summed E-state index contributed by atoms with van der Waals surface area (Å²) in [7, 11) is 2.99. The van der Waals surface area contributed by atoms with E-state index in [1.54, 1.807) is 13.2 Å². The second kappa shape index (κ2) is 7.88. The molecule has 0 aliphatic carbocycles. The summed E-state index contributed by atoms with van der Waals surface area (Å²) in [6.07, 6.45) is 3.67. The average Bonchev–Trinajstić information content (AvgIpc) is 2.59. The van der Waals surface area contributed by atoms with Crippen molar-refractivity contribution in [2.75, 3.05) is 19.5 Å². The van der Waals surface area contributed by atoms with Gasteiger partial charge in [0.05, 0.1) is 14.2 Å². The van der Waals surface area contributed by atoms with Crippen LogP contribution in [-0.2, 0) is 9.53 Å². The van der Waals surface area contributed by atoms with Crippen LogP contribution in [0.2, 0.25) is 0 Å². The number of ether oxygens (including phenoxy) is 2. The molecule has 2 aromatic carbocycles. The Hall–Kier alpha value is -2.75. The molecule has 4 nitrogen and oxygen atoms in total. The summed E-state index contributed by atoms with van der Waals surface area (Å²) in [5.74, 6) is 0.419. The first-order valence-electron chi connectivity index (χ1n) is 6.94. The largest absolute Gasteiger partial charge is 0.497 e. The number of esters is 1. The van der Waals surface area contributed by atoms with Crippen LogP contribution in [0, 0.1) is 0 Å². The second-order valence-corrected chi connectivity index (χ2v) is 4.64. The Labute approximate surface area is 130 Å². The number of benzene rings is 2. The molecule has 0 amide bonds. The lowest BCUT2D eigenvalue weighted by atomic mass is 10.1. The Morgan fingerprint density at radius 2 is 1.73 bits per heavy atom. The van der Waals surface area contributed by atoms with Crippen LogP contribution in [0.3, 0.4) is 0 Å². The van der Waals surface area contributed by atoms with E-state index in [9.17, 15) is 4.79 Å². The molecular formula is C18H19NO3. The van der Waals surface area contributed by atoms with Gasteiger partial charge in [-0.3, -0.25) is 0 Å². The maximum Gasteiger partial charge on any atom is 0.332 e. The van der Waals surface area contributed by atoms with Gasteiger partial charge in [0.2, 0.25) is 0 Å². The molecule has 4 heteroatoms. The highest BCUT2D eigenvalue weighted by Gasteiger charge is 2.15. The quantitative estimate of drug-likeness (QED) is 0.831. The third-order valence-corrected chi connectivity index (χ3v) is 3.15. The Kier molecular flexibility index (Phi) is 5.60. The van der Waals surface area contributed by atoms with E-state index in [2.05, 4.69) is 5.32 Å². The summed E-state index contributed by atoms with van der Waals surface area (Å²) in [4.78, 5) is 11.9. The molecule has 0 saturated heterocycles. The van der Waals surface area contributed by atoms with Gasteiger partial charge in [-0.25, -0.2) is 4.79 Å². The van der Waals surface area contributed by atoms with Crippen molar-refractivity contribution >= 4 is 17.7 Å². The zero-order valence-corrected chi connectivity index (χ0v) is 12.7. The Morgan fingerprint density at radius 3 is 2.32 bits per heavy atom. The van der Waals surface area contributed by atoms with Gasteiger partial charge in [-0.2, -0.15) is 0 Å². The standard InChI is InChI=1S/C18H19NO3/c1-21-16-11-9-15(10-12-16)19-17(18(20)22-2)13-8-14-6-4-3-5-7-14/h3-13,17,19H,1-2H3/b13-8+. The molecule has 0 saturated carbocycles. The molecule has 114 valence electrons. The van der Waals surface area contributed by atoms with Crippen LogP contribution < -0.4 is 10.1 Å². The lowest BCUT2D eigenvalue weighted by Crippen LogP contribution is -2.28. The number of hydrogen-bond donors (Lipinski definition) is 1. The molecule has 0 radical (unpaired) electrons. The molecule has 2 rings (SSSR count). The smallest absolute Gasteiger partial charge is 0.332 e. The number of methoxy groups -OCH3 is 2. The fourth-order valence-electron chi connectivity index (χ4n) is 1.95. The Morgan fingerprint density at radius 1 is 1.05 bits per heavy atom. The van der Waals surface area contributed by atoms with Crippen molar-refractivity contribution in [3.8, 4) is 5.75 Å². The van der Waals surface area contributed by atoms with Gasteiger partial charge in [-0.05, 0) is 29.8 Å². The number of anilines is 1. The first-order valence-corrected chi connectivity index (χ1v) is 6.94. The molecule has 0 aromatic heterocycles. The third-order valence-electron chi connectivity index (χ3n) is 3.15. The summed E-state index contributed by atoms with van der Waals surface area (Å²) < 4.78 is 9.96. The zero-order valence-electron chi connectivity index (χ0n) is 12.7. The minimum atomic E-state index is -0.557. The molecule has 0 bridgehead atoms. The summed E-state index contributed by atoms with van der Waals surface area (Å²) >= 11 is 0. The van der Waals surface area contributed by atoms with Crippen molar-refractivity contribution in [3.05, 3.63) is 66.2 Å². The van der Waals surface area contributed by atoms with E-state index in [4.69, 9.17) is 9.47 Å². The van der Waals surface area contributed by atoms with Gasteiger partial charge in [0.1, 0.15) is 11.8 Å². The predicted molar refractivity (Wildman–Crippen MR) is 87.9 cm³/mol. The van der Waals surface area contributed by atoms with E-state index < -0.39 is 6.04 Å². The summed E-state index contributed by atoms with van der Waals surface area (Å²) in [5, 5.41) is 3.13. The minimum absolute atomic E-state index is 0.344. The highest BCUT2D eigenvalue weighted by Crippen LogP contribution is 2.16. The van der Waals surface area contributed by atoms with Crippen LogP contribution in [0.25, 0.3) is 6.08 Å². The Bertz CT molecular complexity index is 621. The van der Waals surface area contributed by atoms with Crippen molar-refractivity contribution in [2.24, 2.45) is 0 Å². The summed E-state index contributed by atoms with van der Waals surface area (Å²) in [6.45, 7) is 0. The van der Waals surface area contributed by atoms with Crippen LogP contribution in [0.5, 0.6) is 5.75 Å². The molecule has 2 aromatic rings. The number of carbonyl (C=O) groups excluding carboxylic acids is 1. The van der Waals surface area contributed by atoms with Crippen LogP contribution in [0.1, 0.15) is 5.56 Å². The van der Waals surface area contributed by atoms with E-state index in [0.717, 1.165) is 17.0 Å². The number of carbonyl (C=O) groups is 1. The zero-order chi connectivity index (χ0) is 15.8. The average molecular weight is 297 g/mol. The van der Waals surface area contributed by atoms with E-state index >= 15 is 0 Å². The Balaban J connectivity index is 2.12. The van der Waals surface area contributed by atoms with E-state index in [0.29, 0.717) is 0 Å². The van der Waals surface area contributed by atoms with Gasteiger partial charge < -0.3 is 14.8 Å². The maximum absolute atomic E-state index is 11.9. The van der Waals surface area contributed by atoms with Gasteiger partial charge >= 0.3 is 5.97 Å². The van der Waals surface area contributed by atoms with Gasteiger partial charge in [-0.1, -0.05) is 42.5 Å². The topological polar surface area (TPSA) is 47.6 Å². The van der Waals surface area contributed by atoms with Gasteiger partial charge in [-0.15, -0.1) is 0 Å². The SMILES string of the molecule is COC(=O)C(/C=C/c1ccccc1)Nc1ccc(OC)cc1. The maximum atomic E-state index is 11.9. The normalized spacial score (nSPS) is 11.9. The van der Waals surface area contributed by atoms with Crippen molar-refractivity contribution in [1.82, 2.24) is 0 Å². The summed E-state index contributed by atoms with van der Waals surface area (Å²) in [5.41, 5.74) is 1.84. The van der Waals surface area contributed by atoms with Gasteiger partial charge in [0.25, 0.3) is 0 Å². The minimum Gasteiger partial charge on any atom is -0.497 e. The fourth-order valence-corrected chi connectivity index (χ4v) is 1.95. The highest BCUT2D eigenvalue weighted by molar-refractivity contribution is 5.82. The third kappa shape index (κ3) is 4.38. The molecule has 1 N–H and O–H groups in total. The molecule has 0 fully saturated rings. The van der Waals surface area contributed by atoms with Crippen molar-refractivity contribution in [1.29, 1.82) is 0 Å². The molecule has 0 aliphatic rings. The van der Waals surface area contributed by atoms with Crippen molar-refractivity contribution in [2.45, 2.75) is 6.04 Å². The van der Waals surface area contributed by atoms with E-state index in [1.807, 2.05) is 60.7 Å². The molecular weight excluding hydrogens is 278 g/mol. The highest BCUT2D eigenvalue weighted by atomic mass is 16.5. The van der Waals surface area contributed by atoms with Crippen LogP contribution in [-0.4, -0.2) is 26.2 Å². The first-order chi connectivity index (χ1) is 10.7. The predicted octanol–water partition coefficient (Wildman–Crippen LogP) is 3.36. The number of nitrogens with one attached hydrogen (secondary N) is 1. The molecule has 0 heterocycles. The molecule has 1 atom stereocenters. The summed E-state index contributed by atoms with van der Waals surface area (Å²) in [6, 6.07) is 16.6. The first kappa shape index (κ1) is 15.6. The molecule has 22 heavy (non-hydrogen) atoms. The number of rotatable bonds is 6. The lowest BCUT2D eigenvalue weighted by molar-refractivity contribution is -0.140. The van der Waals surface area contributed by atoms with Gasteiger partial charge in [0, 0.05) is 5.69 Å². The van der Waals surface area contributed by atoms with Crippen molar-refractivity contribution in [3.63, 3.8) is 0 Å². The van der Waals surface area contributed by atoms with Crippen LogP contribution in [0.4, 0.5) is 5.69 Å². The molecule has 1 unspecified atom stereocenters. The van der Waals surface area contributed by atoms with E-state index in [-0.39, 0.29) is 5.97 Å². The lowest BCUT2D eigenvalue weighted by Gasteiger charge is -2.14. The van der Waals surface area contributed by atoms with Crippen LogP contribution >= 0.6 is 0 Å². The van der Waals surface area contributed by atoms with Gasteiger partial charge in [0.15, 0.2) is 0 Å². The molecule has 0 aliphatic heterocycles. The monoisotopic (exact) mass is 297 g/mol. The van der Waals surface area contributed by atoms with Crippen molar-refractivity contribution < 1.29 is 14.3 Å². The molecule has 0 spiro atoms. The number of hydrogen-bond acceptors (Lipinski definition) is 4. The fraction of sp³-hybridized carbons (Fsp3) is 0.167. The second-order valence-electron chi connectivity index (χ2n) is 4.64. The van der Waals surface area contributed by atoms with E-state index in [1.165, 1.54) is 7.11 Å².